The van der Waals surface area contributed by atoms with Gasteiger partial charge >= 0.3 is 0 Å². The molecular formula is C18H26N4O. The van der Waals surface area contributed by atoms with Crippen LogP contribution >= 0.6 is 0 Å². The number of aromatic nitrogens is 2. The molecule has 2 aromatic rings. The number of carbonyl (C=O) groups excluding carboxylic acids is 1. The van der Waals surface area contributed by atoms with E-state index in [1.54, 1.807) is 7.05 Å². The zero-order valence-corrected chi connectivity index (χ0v) is 14.6. The number of rotatable bonds is 5. The summed E-state index contributed by atoms with van der Waals surface area (Å²) in [6.45, 7) is 8.19. The molecule has 1 amide bonds. The molecule has 0 spiro atoms. The molecule has 0 bridgehead atoms. The normalized spacial score (nSPS) is 10.3. The van der Waals surface area contributed by atoms with E-state index in [0.717, 1.165) is 6.42 Å². The predicted octanol–water partition coefficient (Wildman–Crippen LogP) is 3.30. The number of carbonyl (C=O) groups is 1. The second-order valence-corrected chi connectivity index (χ2v) is 5.55. The van der Waals surface area contributed by atoms with Crippen molar-refractivity contribution < 1.29 is 4.79 Å². The topological polar surface area (TPSA) is 66.9 Å². The van der Waals surface area contributed by atoms with Gasteiger partial charge in [0.1, 0.15) is 0 Å². The van der Waals surface area contributed by atoms with Gasteiger partial charge < -0.3 is 10.6 Å². The van der Waals surface area contributed by atoms with Gasteiger partial charge in [-0.25, -0.2) is 9.97 Å². The van der Waals surface area contributed by atoms with E-state index >= 15 is 0 Å². The molecule has 5 nitrogen and oxygen atoms in total. The molecule has 2 N–H and O–H groups in total. The first-order chi connectivity index (χ1) is 11.0. The largest absolute Gasteiger partial charge is 0.355 e. The molecule has 0 saturated carbocycles. The van der Waals surface area contributed by atoms with E-state index < -0.39 is 0 Å². The predicted molar refractivity (Wildman–Crippen MR) is 94.6 cm³/mol. The maximum Gasteiger partial charge on any atom is 0.254 e. The molecule has 1 aromatic carbocycles. The van der Waals surface area contributed by atoms with Crippen molar-refractivity contribution in [3.63, 3.8) is 0 Å². The summed E-state index contributed by atoms with van der Waals surface area (Å²) in [6.07, 6.45) is 3.90. The van der Waals surface area contributed by atoms with Crippen molar-refractivity contribution in [2.75, 3.05) is 12.4 Å². The van der Waals surface area contributed by atoms with Crippen LogP contribution in [-0.2, 0) is 6.42 Å². The lowest BCUT2D eigenvalue weighted by atomic mass is 9.95. The Kier molecular flexibility index (Phi) is 7.19. The molecule has 0 unspecified atom stereocenters. The maximum absolute atomic E-state index is 11.4. The smallest absolute Gasteiger partial charge is 0.254 e. The Bertz CT molecular complexity index is 594. The fraction of sp³-hybridized carbons (Fsp3) is 0.389. The van der Waals surface area contributed by atoms with E-state index in [-0.39, 0.29) is 11.4 Å². The number of nitrogens with one attached hydrogen (secondary N) is 2. The lowest BCUT2D eigenvalue weighted by Crippen LogP contribution is -2.34. The van der Waals surface area contributed by atoms with E-state index in [1.807, 2.05) is 32.0 Å². The van der Waals surface area contributed by atoms with Gasteiger partial charge in [0.05, 0.1) is 5.56 Å². The van der Waals surface area contributed by atoms with Crippen LogP contribution in [0.2, 0.25) is 0 Å². The van der Waals surface area contributed by atoms with E-state index in [4.69, 9.17) is 0 Å². The molecule has 124 valence electrons. The SMILES string of the molecule is CC.CNC(=O)c1cnc(NC(C)(C)Cc2ccccc2)nc1. The Morgan fingerprint density at radius 3 is 2.17 bits per heavy atom. The summed E-state index contributed by atoms with van der Waals surface area (Å²) in [4.78, 5) is 19.8. The van der Waals surface area contributed by atoms with Crippen molar-refractivity contribution in [3.8, 4) is 0 Å². The molecule has 0 aliphatic heterocycles. The minimum absolute atomic E-state index is 0.185. The minimum Gasteiger partial charge on any atom is -0.355 e. The van der Waals surface area contributed by atoms with Gasteiger partial charge in [0.25, 0.3) is 5.91 Å². The fourth-order valence-corrected chi connectivity index (χ4v) is 2.11. The highest BCUT2D eigenvalue weighted by molar-refractivity contribution is 5.93. The van der Waals surface area contributed by atoms with Gasteiger partial charge in [0.2, 0.25) is 5.95 Å². The molecule has 2 rings (SSSR count). The quantitative estimate of drug-likeness (QED) is 0.888. The monoisotopic (exact) mass is 314 g/mol. The minimum atomic E-state index is -0.190. The second-order valence-electron chi connectivity index (χ2n) is 5.55. The Morgan fingerprint density at radius 1 is 1.09 bits per heavy atom. The van der Waals surface area contributed by atoms with E-state index in [0.29, 0.717) is 11.5 Å². The van der Waals surface area contributed by atoms with Gasteiger partial charge in [-0.15, -0.1) is 0 Å². The average molecular weight is 314 g/mol. The highest BCUT2D eigenvalue weighted by Crippen LogP contribution is 2.17. The van der Waals surface area contributed by atoms with Crippen molar-refractivity contribution in [1.82, 2.24) is 15.3 Å². The Hall–Kier alpha value is -2.43. The maximum atomic E-state index is 11.4. The molecule has 1 heterocycles. The molecule has 0 atom stereocenters. The Labute approximate surface area is 138 Å². The summed E-state index contributed by atoms with van der Waals surface area (Å²) < 4.78 is 0. The molecule has 1 aromatic heterocycles. The van der Waals surface area contributed by atoms with Gasteiger partial charge in [-0.1, -0.05) is 44.2 Å². The van der Waals surface area contributed by atoms with Crippen LogP contribution in [0.4, 0.5) is 5.95 Å². The van der Waals surface area contributed by atoms with Gasteiger partial charge in [-0.2, -0.15) is 0 Å². The van der Waals surface area contributed by atoms with Crippen molar-refractivity contribution in [3.05, 3.63) is 53.9 Å². The summed E-state index contributed by atoms with van der Waals surface area (Å²) in [5, 5.41) is 5.84. The van der Waals surface area contributed by atoms with Crippen LogP contribution in [0.25, 0.3) is 0 Å². The third-order valence-electron chi connectivity index (χ3n) is 3.08. The number of amides is 1. The zero-order chi connectivity index (χ0) is 17.3. The molecule has 0 aliphatic carbocycles. The number of nitrogens with zero attached hydrogens (tertiary/aromatic N) is 2. The average Bonchev–Trinajstić information content (AvgIpc) is 2.57. The zero-order valence-electron chi connectivity index (χ0n) is 14.6. The highest BCUT2D eigenvalue weighted by atomic mass is 16.1. The summed E-state index contributed by atoms with van der Waals surface area (Å²) in [7, 11) is 1.58. The van der Waals surface area contributed by atoms with Gasteiger partial charge in [-0.3, -0.25) is 4.79 Å². The molecule has 0 aliphatic rings. The van der Waals surface area contributed by atoms with Crippen LogP contribution in [0, 0.1) is 0 Å². The van der Waals surface area contributed by atoms with Crippen LogP contribution < -0.4 is 10.6 Å². The Balaban J connectivity index is 0.00000127. The van der Waals surface area contributed by atoms with Gasteiger partial charge in [0, 0.05) is 25.0 Å². The third kappa shape index (κ3) is 6.06. The number of anilines is 1. The Morgan fingerprint density at radius 2 is 1.65 bits per heavy atom. The first-order valence-electron chi connectivity index (χ1n) is 7.86. The van der Waals surface area contributed by atoms with E-state index in [1.165, 1.54) is 18.0 Å². The molecule has 23 heavy (non-hydrogen) atoms. The van der Waals surface area contributed by atoms with Gasteiger partial charge in [-0.05, 0) is 25.8 Å². The van der Waals surface area contributed by atoms with Crippen LogP contribution in [0.15, 0.2) is 42.7 Å². The van der Waals surface area contributed by atoms with Crippen molar-refractivity contribution in [2.45, 2.75) is 39.7 Å². The van der Waals surface area contributed by atoms with Gasteiger partial charge in [0.15, 0.2) is 0 Å². The lowest BCUT2D eigenvalue weighted by molar-refractivity contribution is 0.0962. The highest BCUT2D eigenvalue weighted by Gasteiger charge is 2.19. The van der Waals surface area contributed by atoms with Crippen LogP contribution in [0.1, 0.15) is 43.6 Å². The lowest BCUT2D eigenvalue weighted by Gasteiger charge is -2.26. The summed E-state index contributed by atoms with van der Waals surface area (Å²) in [5.74, 6) is 0.327. The number of hydrogen-bond acceptors (Lipinski definition) is 4. The van der Waals surface area contributed by atoms with E-state index in [2.05, 4.69) is 46.6 Å². The second kappa shape index (κ2) is 8.88. The van der Waals surface area contributed by atoms with Crippen LogP contribution in [-0.4, -0.2) is 28.5 Å². The van der Waals surface area contributed by atoms with Crippen molar-refractivity contribution in [2.24, 2.45) is 0 Å². The third-order valence-corrected chi connectivity index (χ3v) is 3.08. The summed E-state index contributed by atoms with van der Waals surface area (Å²) in [5.41, 5.74) is 1.51. The van der Waals surface area contributed by atoms with Crippen LogP contribution in [0.5, 0.6) is 0 Å². The summed E-state index contributed by atoms with van der Waals surface area (Å²) >= 11 is 0. The fourth-order valence-electron chi connectivity index (χ4n) is 2.11. The van der Waals surface area contributed by atoms with Crippen LogP contribution in [0.3, 0.4) is 0 Å². The number of hydrogen-bond donors (Lipinski definition) is 2. The molecular weight excluding hydrogens is 288 g/mol. The summed E-state index contributed by atoms with van der Waals surface area (Å²) in [6, 6.07) is 10.3. The van der Waals surface area contributed by atoms with Crippen molar-refractivity contribution >= 4 is 11.9 Å². The molecule has 0 fully saturated rings. The first kappa shape index (κ1) is 18.6. The van der Waals surface area contributed by atoms with E-state index in [9.17, 15) is 4.79 Å². The number of benzene rings is 1. The molecule has 5 heteroatoms. The standard InChI is InChI=1S/C16H20N4O.C2H6/c1-16(2,9-12-7-5-4-6-8-12)20-15-18-10-13(11-19-15)14(21)17-3;1-2/h4-8,10-11H,9H2,1-3H3,(H,17,21)(H,18,19,20);1-2H3. The molecule has 0 radical (unpaired) electrons. The molecule has 0 saturated heterocycles. The first-order valence-corrected chi connectivity index (χ1v) is 7.86. The van der Waals surface area contributed by atoms with Crippen molar-refractivity contribution in [1.29, 1.82) is 0 Å².